The molecule has 1 N–H and O–H groups in total. The molecule has 198 valence electrons. The maximum Gasteiger partial charge on any atom is 0.348 e. The number of hydrogen-bond donors (Lipinski definition) is 1. The van der Waals surface area contributed by atoms with Gasteiger partial charge in [0, 0.05) is 7.05 Å². The van der Waals surface area contributed by atoms with Crippen LogP contribution in [0.15, 0.2) is 46.2 Å². The lowest BCUT2D eigenvalue weighted by Gasteiger charge is -2.21. The van der Waals surface area contributed by atoms with E-state index in [2.05, 4.69) is 10.3 Å². The Morgan fingerprint density at radius 2 is 1.79 bits per heavy atom. The first-order valence-electron chi connectivity index (χ1n) is 12.6. The predicted octanol–water partition coefficient (Wildman–Crippen LogP) is 3.69. The number of carbonyl (C=O) groups is 2. The zero-order valence-electron chi connectivity index (χ0n) is 21.5. The van der Waals surface area contributed by atoms with E-state index in [-0.39, 0.29) is 23.9 Å². The van der Waals surface area contributed by atoms with E-state index in [1.165, 1.54) is 15.6 Å². The normalized spacial score (nSPS) is 14.1. The van der Waals surface area contributed by atoms with Gasteiger partial charge in [-0.2, -0.15) is 0 Å². The molecule has 10 nitrogen and oxygen atoms in total. The van der Waals surface area contributed by atoms with Gasteiger partial charge in [0.2, 0.25) is 5.91 Å². The zero-order chi connectivity index (χ0) is 27.0. The number of ether oxygens (including phenoxy) is 1. The Morgan fingerprint density at radius 1 is 1.08 bits per heavy atom. The molecule has 0 aliphatic heterocycles. The van der Waals surface area contributed by atoms with Crippen LogP contribution >= 0.6 is 11.3 Å². The van der Waals surface area contributed by atoms with Crippen molar-refractivity contribution in [2.45, 2.75) is 58.6 Å². The standard InChI is InChI=1S/C27H29N5O5S/c1-16-21-24(38-23(16)27(36)37-19-12-8-5-9-13-19)28-15-31(25(21)34)14-20(33)29-22-17(2)30(3)32(26(22)35)18-10-6-4-7-11-18/h4,6-7,10-11,15,19H,5,8-9,12-14H2,1-3H3,(H,29,33). The topological polar surface area (TPSA) is 117 Å². The third-order valence-corrected chi connectivity index (χ3v) is 8.24. The maximum absolute atomic E-state index is 13.3. The minimum atomic E-state index is -0.538. The van der Waals surface area contributed by atoms with Crippen molar-refractivity contribution in [2.75, 3.05) is 5.32 Å². The summed E-state index contributed by atoms with van der Waals surface area (Å²) in [6.07, 6.45) is 6.14. The van der Waals surface area contributed by atoms with E-state index in [0.29, 0.717) is 32.0 Å². The number of esters is 1. The SMILES string of the molecule is Cc1c(C(=O)OC2CCCCC2)sc2ncn(CC(=O)Nc3c(C)n(C)n(-c4ccccc4)c3=O)c(=O)c12. The van der Waals surface area contributed by atoms with Gasteiger partial charge >= 0.3 is 5.97 Å². The first-order valence-corrected chi connectivity index (χ1v) is 13.4. The predicted molar refractivity (Wildman–Crippen MR) is 145 cm³/mol. The number of para-hydroxylation sites is 1. The number of rotatable bonds is 6. The van der Waals surface area contributed by atoms with E-state index in [4.69, 9.17) is 4.74 Å². The van der Waals surface area contributed by atoms with Gasteiger partial charge in [0.25, 0.3) is 11.1 Å². The molecule has 4 aromatic rings. The molecule has 1 aliphatic carbocycles. The highest BCUT2D eigenvalue weighted by molar-refractivity contribution is 7.20. The quantitative estimate of drug-likeness (QED) is 0.377. The van der Waals surface area contributed by atoms with E-state index in [9.17, 15) is 19.2 Å². The summed E-state index contributed by atoms with van der Waals surface area (Å²) >= 11 is 1.12. The van der Waals surface area contributed by atoms with Gasteiger partial charge in [0.05, 0.1) is 23.1 Å². The summed E-state index contributed by atoms with van der Waals surface area (Å²) in [5.41, 5.74) is 1.08. The Labute approximate surface area is 222 Å². The summed E-state index contributed by atoms with van der Waals surface area (Å²) in [5.74, 6) is -0.973. The van der Waals surface area contributed by atoms with Crippen molar-refractivity contribution in [1.29, 1.82) is 0 Å². The number of fused-ring (bicyclic) bond motifs is 1. The second-order valence-electron chi connectivity index (χ2n) is 9.56. The van der Waals surface area contributed by atoms with Crippen molar-refractivity contribution < 1.29 is 14.3 Å². The Hall–Kier alpha value is -3.99. The lowest BCUT2D eigenvalue weighted by molar-refractivity contribution is -0.116. The molecule has 38 heavy (non-hydrogen) atoms. The Kier molecular flexibility index (Phi) is 7.02. The van der Waals surface area contributed by atoms with E-state index in [0.717, 1.165) is 43.4 Å². The van der Waals surface area contributed by atoms with Crippen LogP contribution in [-0.4, -0.2) is 36.9 Å². The summed E-state index contributed by atoms with van der Waals surface area (Å²) in [5, 5.41) is 2.96. The van der Waals surface area contributed by atoms with Crippen molar-refractivity contribution in [3.63, 3.8) is 0 Å². The summed E-state index contributed by atoms with van der Waals surface area (Å²) in [6.45, 7) is 3.10. The van der Waals surface area contributed by atoms with Crippen LogP contribution in [0.3, 0.4) is 0 Å². The van der Waals surface area contributed by atoms with Gasteiger partial charge < -0.3 is 10.1 Å². The van der Waals surface area contributed by atoms with E-state index in [1.54, 1.807) is 37.7 Å². The molecule has 0 bridgehead atoms. The van der Waals surface area contributed by atoms with Gasteiger partial charge in [-0.05, 0) is 57.2 Å². The summed E-state index contributed by atoms with van der Waals surface area (Å²) in [7, 11) is 1.73. The minimum absolute atomic E-state index is 0.0953. The molecule has 0 saturated heterocycles. The molecule has 1 fully saturated rings. The summed E-state index contributed by atoms with van der Waals surface area (Å²) in [6, 6.07) is 9.11. The number of amides is 1. The molecular formula is C27H29N5O5S. The average Bonchev–Trinajstić information content (AvgIpc) is 3.36. The number of thiophene rings is 1. The molecule has 1 saturated carbocycles. The largest absolute Gasteiger partial charge is 0.458 e. The number of carbonyl (C=O) groups excluding carboxylic acids is 2. The minimum Gasteiger partial charge on any atom is -0.458 e. The van der Waals surface area contributed by atoms with Crippen LogP contribution in [0.25, 0.3) is 15.9 Å². The third-order valence-electron chi connectivity index (χ3n) is 7.06. The van der Waals surface area contributed by atoms with Crippen LogP contribution in [0.5, 0.6) is 0 Å². The van der Waals surface area contributed by atoms with Crippen LogP contribution in [0.2, 0.25) is 0 Å². The van der Waals surface area contributed by atoms with Crippen molar-refractivity contribution in [2.24, 2.45) is 7.05 Å². The summed E-state index contributed by atoms with van der Waals surface area (Å²) < 4.78 is 10.0. The molecule has 0 radical (unpaired) electrons. The number of aromatic nitrogens is 4. The maximum atomic E-state index is 13.3. The molecule has 5 rings (SSSR count). The Balaban J connectivity index is 1.37. The van der Waals surface area contributed by atoms with Gasteiger partial charge in [-0.15, -0.1) is 11.3 Å². The number of benzene rings is 1. The summed E-state index contributed by atoms with van der Waals surface area (Å²) in [4.78, 5) is 57.2. The van der Waals surface area contributed by atoms with Crippen LogP contribution in [0.4, 0.5) is 5.69 Å². The fourth-order valence-electron chi connectivity index (χ4n) is 4.90. The van der Waals surface area contributed by atoms with E-state index in [1.807, 2.05) is 18.2 Å². The molecule has 0 atom stereocenters. The van der Waals surface area contributed by atoms with Crippen molar-refractivity contribution in [3.8, 4) is 5.69 Å². The number of aryl methyl sites for hydroxylation is 1. The van der Waals surface area contributed by atoms with Gasteiger partial charge in [-0.1, -0.05) is 24.6 Å². The molecule has 1 aromatic carbocycles. The van der Waals surface area contributed by atoms with E-state index < -0.39 is 17.4 Å². The molecule has 1 aliphatic rings. The van der Waals surface area contributed by atoms with Crippen LogP contribution in [0, 0.1) is 13.8 Å². The first-order chi connectivity index (χ1) is 18.3. The molecule has 11 heteroatoms. The Bertz CT molecular complexity index is 1640. The van der Waals surface area contributed by atoms with E-state index >= 15 is 0 Å². The van der Waals surface area contributed by atoms with Gasteiger partial charge in [0.1, 0.15) is 28.0 Å². The lowest BCUT2D eigenvalue weighted by atomic mass is 9.98. The highest BCUT2D eigenvalue weighted by Crippen LogP contribution is 2.29. The molecule has 0 unspecified atom stereocenters. The van der Waals surface area contributed by atoms with Crippen molar-refractivity contribution in [3.05, 3.63) is 73.5 Å². The smallest absolute Gasteiger partial charge is 0.348 e. The second kappa shape index (κ2) is 10.4. The zero-order valence-corrected chi connectivity index (χ0v) is 22.3. The highest BCUT2D eigenvalue weighted by Gasteiger charge is 2.25. The Morgan fingerprint density at radius 3 is 2.50 bits per heavy atom. The van der Waals surface area contributed by atoms with Crippen LogP contribution < -0.4 is 16.4 Å². The lowest BCUT2D eigenvalue weighted by Crippen LogP contribution is -2.29. The number of hydrogen-bond acceptors (Lipinski definition) is 7. The molecule has 1 amide bonds. The van der Waals surface area contributed by atoms with Crippen LogP contribution in [0.1, 0.15) is 53.0 Å². The molecular weight excluding hydrogens is 506 g/mol. The monoisotopic (exact) mass is 535 g/mol. The van der Waals surface area contributed by atoms with Crippen molar-refractivity contribution >= 4 is 39.1 Å². The number of anilines is 1. The highest BCUT2D eigenvalue weighted by atomic mass is 32.1. The first kappa shape index (κ1) is 25.7. The second-order valence-corrected chi connectivity index (χ2v) is 10.6. The fraction of sp³-hybridized carbons (Fsp3) is 0.370. The average molecular weight is 536 g/mol. The van der Waals surface area contributed by atoms with Gasteiger partial charge in [0.15, 0.2) is 0 Å². The van der Waals surface area contributed by atoms with Crippen molar-refractivity contribution in [1.82, 2.24) is 18.9 Å². The van der Waals surface area contributed by atoms with Gasteiger partial charge in [-0.25, -0.2) is 14.5 Å². The van der Waals surface area contributed by atoms with Gasteiger partial charge in [-0.3, -0.25) is 23.6 Å². The number of nitrogens with zero attached hydrogens (tertiary/aromatic N) is 4. The fourth-order valence-corrected chi connectivity index (χ4v) is 5.92. The van der Waals surface area contributed by atoms with Crippen LogP contribution in [-0.2, 0) is 23.1 Å². The molecule has 3 heterocycles. The third kappa shape index (κ3) is 4.69. The molecule has 3 aromatic heterocycles. The molecule has 0 spiro atoms. The number of nitrogens with one attached hydrogen (secondary N) is 1.